The molecule has 5 rings (SSSR count). The third-order valence-corrected chi connectivity index (χ3v) is 5.52. The molecule has 1 aromatic rings. The van der Waals surface area contributed by atoms with Crippen LogP contribution in [-0.2, 0) is 0 Å². The summed E-state index contributed by atoms with van der Waals surface area (Å²) in [6.07, 6.45) is 5.06. The number of hydrazone groups is 1. The number of hydrogen-bond acceptors (Lipinski definition) is 6. The van der Waals surface area contributed by atoms with Crippen LogP contribution in [0, 0.1) is 0 Å². The number of guanidine groups is 2. The smallest absolute Gasteiger partial charge is 0.326 e. The summed E-state index contributed by atoms with van der Waals surface area (Å²) in [6.45, 7) is 0. The fourth-order valence-corrected chi connectivity index (χ4v) is 3.71. The number of H-pyrrole nitrogens is 2. The molecular weight excluding hydrogens is 398 g/mol. The molecule has 1 aromatic heterocycles. The molecule has 0 spiro atoms. The highest BCUT2D eigenvalue weighted by atomic mass is 19.3. The van der Waals surface area contributed by atoms with Crippen LogP contribution in [0.25, 0.3) is 6.08 Å². The van der Waals surface area contributed by atoms with Crippen molar-refractivity contribution in [2.45, 2.75) is 62.7 Å². The minimum absolute atomic E-state index is 0.107. The molecule has 30 heavy (non-hydrogen) atoms. The Kier molecular flexibility index (Phi) is 4.36. The second-order valence-electron chi connectivity index (χ2n) is 8.01. The van der Waals surface area contributed by atoms with Crippen LogP contribution in [0.1, 0.15) is 44.2 Å². The van der Waals surface area contributed by atoms with Gasteiger partial charge in [-0.2, -0.15) is 5.10 Å². The van der Waals surface area contributed by atoms with E-state index in [2.05, 4.69) is 35.7 Å². The Morgan fingerprint density at radius 1 is 1.27 bits per heavy atom. The van der Waals surface area contributed by atoms with E-state index in [-0.39, 0.29) is 36.5 Å². The molecule has 0 amide bonds. The largest absolute Gasteiger partial charge is 0.493 e. The number of nitrogens with zero attached hydrogens (tertiary/aromatic N) is 4. The molecule has 10 nitrogen and oxygen atoms in total. The van der Waals surface area contributed by atoms with Crippen LogP contribution in [-0.4, -0.2) is 62.4 Å². The lowest BCUT2D eigenvalue weighted by atomic mass is 9.92. The van der Waals surface area contributed by atoms with Crippen molar-refractivity contribution >= 4 is 24.2 Å². The average Bonchev–Trinajstić information content (AvgIpc) is 3.32. The predicted molar refractivity (Wildman–Crippen MR) is 107 cm³/mol. The standard InChI is InChI=1S/C18H22F2N8O2/c19-18(20)5-3-11(4-6-18)22-15-25-13-9(7-12-14(29)26-17(30)24-12)8-21-28(13)16(27-15)23-10-1-2-10/h7-8,10-11,13,29H,1-6H2,(H2,24,26,30)(H2,22,23,25,27)/b9-7+. The van der Waals surface area contributed by atoms with Crippen LogP contribution in [0.3, 0.4) is 0 Å². The highest BCUT2D eigenvalue weighted by Gasteiger charge is 2.38. The van der Waals surface area contributed by atoms with Crippen LogP contribution in [0.15, 0.2) is 25.5 Å². The van der Waals surface area contributed by atoms with Crippen molar-refractivity contribution in [2.75, 3.05) is 0 Å². The average molecular weight is 420 g/mol. The molecule has 0 radical (unpaired) electrons. The number of hydrogen-bond donors (Lipinski definition) is 5. The van der Waals surface area contributed by atoms with Gasteiger partial charge in [0, 0.05) is 24.5 Å². The number of aliphatic imine (C=N–C) groups is 2. The van der Waals surface area contributed by atoms with Crippen LogP contribution in [0.2, 0.25) is 0 Å². The zero-order valence-electron chi connectivity index (χ0n) is 16.0. The first-order valence-corrected chi connectivity index (χ1v) is 9.99. The Labute approximate surface area is 169 Å². The molecule has 2 aliphatic carbocycles. The number of nitrogens with one attached hydrogen (secondary N) is 4. The van der Waals surface area contributed by atoms with Crippen LogP contribution >= 0.6 is 0 Å². The summed E-state index contributed by atoms with van der Waals surface area (Å²) in [5.41, 5.74) is 0.342. The van der Waals surface area contributed by atoms with Crippen molar-refractivity contribution in [3.63, 3.8) is 0 Å². The van der Waals surface area contributed by atoms with Gasteiger partial charge in [-0.05, 0) is 31.8 Å². The molecule has 0 bridgehead atoms. The van der Waals surface area contributed by atoms with Gasteiger partial charge in [0.05, 0.1) is 12.3 Å². The molecule has 2 saturated carbocycles. The normalized spacial score (nSPS) is 28.5. The van der Waals surface area contributed by atoms with Gasteiger partial charge in [0.15, 0.2) is 6.17 Å². The van der Waals surface area contributed by atoms with E-state index in [1.54, 1.807) is 17.3 Å². The number of rotatable bonds is 3. The van der Waals surface area contributed by atoms with Gasteiger partial charge in [-0.1, -0.05) is 0 Å². The summed E-state index contributed by atoms with van der Waals surface area (Å²) in [5.74, 6) is -1.88. The number of halogens is 2. The lowest BCUT2D eigenvalue weighted by Crippen LogP contribution is -2.56. The van der Waals surface area contributed by atoms with Crippen molar-refractivity contribution in [2.24, 2.45) is 15.1 Å². The van der Waals surface area contributed by atoms with Crippen molar-refractivity contribution in [1.82, 2.24) is 25.6 Å². The van der Waals surface area contributed by atoms with E-state index in [0.29, 0.717) is 30.3 Å². The summed E-state index contributed by atoms with van der Waals surface area (Å²) in [6, 6.07) is 0.124. The summed E-state index contributed by atoms with van der Waals surface area (Å²) in [4.78, 5) is 25.5. The third-order valence-electron chi connectivity index (χ3n) is 5.52. The molecular formula is C18H22F2N8O2. The van der Waals surface area contributed by atoms with E-state index < -0.39 is 17.8 Å². The van der Waals surface area contributed by atoms with Gasteiger partial charge in [-0.15, -0.1) is 0 Å². The lowest BCUT2D eigenvalue weighted by Gasteiger charge is -2.34. The molecule has 0 aromatic carbocycles. The van der Waals surface area contributed by atoms with Crippen LogP contribution in [0.4, 0.5) is 8.78 Å². The van der Waals surface area contributed by atoms with Crippen molar-refractivity contribution in [3.05, 3.63) is 21.8 Å². The first-order chi connectivity index (χ1) is 14.4. The maximum atomic E-state index is 13.5. The first kappa shape index (κ1) is 18.8. The minimum atomic E-state index is -2.60. The maximum Gasteiger partial charge on any atom is 0.326 e. The summed E-state index contributed by atoms with van der Waals surface area (Å²) >= 11 is 0. The zero-order chi connectivity index (χ0) is 20.9. The van der Waals surface area contributed by atoms with E-state index in [4.69, 9.17) is 0 Å². The zero-order valence-corrected chi connectivity index (χ0v) is 16.0. The quantitative estimate of drug-likeness (QED) is 0.499. The van der Waals surface area contributed by atoms with Gasteiger partial charge < -0.3 is 15.4 Å². The molecule has 12 heteroatoms. The highest BCUT2D eigenvalue weighted by Crippen LogP contribution is 2.33. The van der Waals surface area contributed by atoms with E-state index in [1.807, 2.05) is 0 Å². The summed E-state index contributed by atoms with van der Waals surface area (Å²) < 4.78 is 26.9. The number of fused-ring (bicyclic) bond motifs is 1. The van der Waals surface area contributed by atoms with Crippen LogP contribution < -0.4 is 16.3 Å². The van der Waals surface area contributed by atoms with Gasteiger partial charge in [-0.25, -0.2) is 28.6 Å². The number of aromatic nitrogens is 2. The SMILES string of the molecule is O=c1[nH]c(O)c(/C=C2\C=NN3C(=NC4CC4)NC(NC4CCC(F)(F)CC4)=NC23)[nH]1. The fourth-order valence-electron chi connectivity index (χ4n) is 3.71. The topological polar surface area (TPSA) is 133 Å². The third kappa shape index (κ3) is 3.81. The molecule has 1 unspecified atom stereocenters. The molecule has 5 N–H and O–H groups in total. The molecule has 3 heterocycles. The Morgan fingerprint density at radius 2 is 2.03 bits per heavy atom. The molecule has 0 saturated heterocycles. The van der Waals surface area contributed by atoms with Crippen molar-refractivity contribution < 1.29 is 13.9 Å². The second kappa shape index (κ2) is 6.96. The Balaban J connectivity index is 1.41. The van der Waals surface area contributed by atoms with E-state index in [0.717, 1.165) is 12.8 Å². The van der Waals surface area contributed by atoms with E-state index >= 15 is 0 Å². The number of aromatic hydroxyl groups is 1. The van der Waals surface area contributed by atoms with Gasteiger partial charge >= 0.3 is 5.69 Å². The van der Waals surface area contributed by atoms with Crippen molar-refractivity contribution in [1.29, 1.82) is 0 Å². The molecule has 4 aliphatic rings. The van der Waals surface area contributed by atoms with Crippen molar-refractivity contribution in [3.8, 4) is 5.88 Å². The van der Waals surface area contributed by atoms with Gasteiger partial charge in [0.1, 0.15) is 5.69 Å². The highest BCUT2D eigenvalue weighted by molar-refractivity contribution is 6.04. The summed E-state index contributed by atoms with van der Waals surface area (Å²) in [7, 11) is 0. The first-order valence-electron chi connectivity index (χ1n) is 9.99. The van der Waals surface area contributed by atoms with E-state index in [9.17, 15) is 18.7 Å². The minimum Gasteiger partial charge on any atom is -0.493 e. The Morgan fingerprint density at radius 3 is 2.70 bits per heavy atom. The Hall–Kier alpha value is -3.18. The van der Waals surface area contributed by atoms with Gasteiger partial charge in [-0.3, -0.25) is 10.3 Å². The second-order valence-corrected chi connectivity index (χ2v) is 8.01. The predicted octanol–water partition coefficient (Wildman–Crippen LogP) is 1.06. The van der Waals surface area contributed by atoms with E-state index in [1.165, 1.54) is 0 Å². The number of aromatic amines is 2. The van der Waals surface area contributed by atoms with Gasteiger partial charge in [0.2, 0.25) is 23.7 Å². The number of alkyl halides is 2. The van der Waals surface area contributed by atoms with Crippen LogP contribution in [0.5, 0.6) is 5.88 Å². The summed E-state index contributed by atoms with van der Waals surface area (Å²) in [5, 5.41) is 22.2. The number of imidazole rings is 1. The van der Waals surface area contributed by atoms with Gasteiger partial charge in [0.25, 0.3) is 0 Å². The lowest BCUT2D eigenvalue weighted by molar-refractivity contribution is -0.0391. The molecule has 1 atom stereocenters. The Bertz CT molecular complexity index is 1010. The molecule has 2 aliphatic heterocycles. The fraction of sp³-hybridized carbons (Fsp3) is 0.556. The monoisotopic (exact) mass is 420 g/mol. The molecule has 160 valence electrons. The molecule has 2 fully saturated rings. The maximum absolute atomic E-state index is 13.5.